The van der Waals surface area contributed by atoms with Crippen molar-refractivity contribution in [3.63, 3.8) is 0 Å². The molecule has 2 aromatic rings. The fraction of sp³-hybridized carbons (Fsp3) is 0.300. The fourth-order valence-electron chi connectivity index (χ4n) is 2.67. The Bertz CT molecular complexity index is 944. The number of nitrogens with zero attached hydrogens (tertiary/aromatic N) is 2. The van der Waals surface area contributed by atoms with Crippen molar-refractivity contribution in [1.29, 1.82) is 0 Å². The van der Waals surface area contributed by atoms with Gasteiger partial charge in [-0.3, -0.25) is 9.10 Å². The zero-order valence-corrected chi connectivity index (χ0v) is 17.1. The van der Waals surface area contributed by atoms with E-state index in [4.69, 9.17) is 0 Å². The van der Waals surface area contributed by atoms with Crippen LogP contribution in [0, 0.1) is 20.8 Å². The second-order valence-electron chi connectivity index (χ2n) is 6.71. The number of carbonyl (C=O) groups is 1. The highest BCUT2D eigenvalue weighted by molar-refractivity contribution is 7.92. The normalized spacial score (nSPS) is 12.0. The van der Waals surface area contributed by atoms with Gasteiger partial charge >= 0.3 is 0 Å². The Morgan fingerprint density at radius 1 is 1.00 bits per heavy atom. The number of hydrogen-bond acceptors (Lipinski definition) is 4. The van der Waals surface area contributed by atoms with Crippen LogP contribution in [0.4, 0.5) is 5.69 Å². The van der Waals surface area contributed by atoms with Gasteiger partial charge in [-0.05, 0) is 56.5 Å². The fourth-order valence-corrected chi connectivity index (χ4v) is 3.51. The maximum absolute atomic E-state index is 12.3. The van der Waals surface area contributed by atoms with Crippen molar-refractivity contribution in [2.45, 2.75) is 27.7 Å². The van der Waals surface area contributed by atoms with Gasteiger partial charge in [-0.2, -0.15) is 5.10 Å². The average molecular weight is 388 g/mol. The van der Waals surface area contributed by atoms with E-state index in [0.29, 0.717) is 11.4 Å². The molecule has 2 rings (SSSR count). The van der Waals surface area contributed by atoms with E-state index in [1.807, 2.05) is 51.1 Å². The van der Waals surface area contributed by atoms with Crippen molar-refractivity contribution in [3.8, 4) is 0 Å². The minimum atomic E-state index is -3.62. The van der Waals surface area contributed by atoms with Crippen LogP contribution in [0.5, 0.6) is 0 Å². The number of hydrogen-bond donors (Lipinski definition) is 1. The average Bonchev–Trinajstić information content (AvgIpc) is 2.56. The number of benzene rings is 2. The maximum Gasteiger partial charge on any atom is 0.260 e. The third-order valence-corrected chi connectivity index (χ3v) is 5.14. The van der Waals surface area contributed by atoms with Gasteiger partial charge in [0.25, 0.3) is 5.91 Å². The lowest BCUT2D eigenvalue weighted by Gasteiger charge is -2.22. The van der Waals surface area contributed by atoms with Gasteiger partial charge in [-0.1, -0.05) is 35.9 Å². The van der Waals surface area contributed by atoms with E-state index >= 15 is 0 Å². The van der Waals surface area contributed by atoms with Crippen LogP contribution in [0.1, 0.15) is 29.2 Å². The highest BCUT2D eigenvalue weighted by atomic mass is 32.2. The highest BCUT2D eigenvalue weighted by Gasteiger charge is 2.21. The minimum absolute atomic E-state index is 0.341. The van der Waals surface area contributed by atoms with E-state index in [-0.39, 0.29) is 6.54 Å². The molecule has 0 aliphatic rings. The summed E-state index contributed by atoms with van der Waals surface area (Å²) in [6.07, 6.45) is 1.08. The lowest BCUT2D eigenvalue weighted by Crippen LogP contribution is -2.39. The summed E-state index contributed by atoms with van der Waals surface area (Å²) in [6, 6.07) is 13.2. The molecule has 6 nitrogen and oxygen atoms in total. The molecular weight excluding hydrogens is 362 g/mol. The molecule has 0 atom stereocenters. The van der Waals surface area contributed by atoms with Crippen molar-refractivity contribution in [2.75, 3.05) is 17.1 Å². The van der Waals surface area contributed by atoms with Crippen molar-refractivity contribution >= 4 is 27.3 Å². The molecule has 2 aromatic carbocycles. The van der Waals surface area contributed by atoms with Crippen LogP contribution in [0.25, 0.3) is 0 Å². The molecule has 27 heavy (non-hydrogen) atoms. The van der Waals surface area contributed by atoms with Crippen molar-refractivity contribution in [1.82, 2.24) is 5.43 Å². The Balaban J connectivity index is 2.17. The molecule has 1 N–H and O–H groups in total. The van der Waals surface area contributed by atoms with Crippen LogP contribution in [0.15, 0.2) is 47.6 Å². The van der Waals surface area contributed by atoms with Crippen LogP contribution < -0.4 is 9.73 Å². The topological polar surface area (TPSA) is 78.8 Å². The molecule has 0 bridgehead atoms. The van der Waals surface area contributed by atoms with Crippen molar-refractivity contribution in [2.24, 2.45) is 5.10 Å². The molecule has 0 heterocycles. The quantitative estimate of drug-likeness (QED) is 0.611. The van der Waals surface area contributed by atoms with Crippen molar-refractivity contribution < 1.29 is 13.2 Å². The lowest BCUT2D eigenvalue weighted by atomic mass is 10.1. The van der Waals surface area contributed by atoms with Gasteiger partial charge in [-0.25, -0.2) is 13.8 Å². The summed E-state index contributed by atoms with van der Waals surface area (Å²) in [4.78, 5) is 12.3. The summed E-state index contributed by atoms with van der Waals surface area (Å²) in [7, 11) is -3.62. The molecule has 0 aromatic heterocycles. The molecule has 0 spiro atoms. The third kappa shape index (κ3) is 5.92. The van der Waals surface area contributed by atoms with Gasteiger partial charge in [-0.15, -0.1) is 0 Å². The molecule has 0 saturated heterocycles. The predicted molar refractivity (Wildman–Crippen MR) is 110 cm³/mol. The molecule has 1 amide bonds. The van der Waals surface area contributed by atoms with Gasteiger partial charge in [0.15, 0.2) is 0 Å². The van der Waals surface area contributed by atoms with E-state index in [2.05, 4.69) is 10.5 Å². The molecule has 0 radical (unpaired) electrons. The van der Waals surface area contributed by atoms with E-state index in [9.17, 15) is 13.2 Å². The van der Waals surface area contributed by atoms with E-state index in [1.165, 1.54) is 0 Å². The molecule has 0 fully saturated rings. The second-order valence-corrected chi connectivity index (χ2v) is 8.62. The second kappa shape index (κ2) is 8.35. The number of nitrogens with one attached hydrogen (secondary N) is 1. The van der Waals surface area contributed by atoms with Crippen LogP contribution in [0.3, 0.4) is 0 Å². The number of carbonyl (C=O) groups excluding carboxylic acids is 1. The monoisotopic (exact) mass is 387 g/mol. The van der Waals surface area contributed by atoms with E-state index < -0.39 is 15.9 Å². The first kappa shape index (κ1) is 20.6. The molecular formula is C20H25N3O3S. The Labute approximate surface area is 161 Å². The van der Waals surface area contributed by atoms with Crippen LogP contribution in [-0.2, 0) is 14.8 Å². The van der Waals surface area contributed by atoms with Gasteiger partial charge in [0.2, 0.25) is 10.0 Å². The molecule has 7 heteroatoms. The van der Waals surface area contributed by atoms with Crippen LogP contribution in [0.2, 0.25) is 0 Å². The zero-order valence-electron chi connectivity index (χ0n) is 16.3. The Morgan fingerprint density at radius 2 is 1.56 bits per heavy atom. The molecule has 0 aliphatic carbocycles. The summed E-state index contributed by atoms with van der Waals surface area (Å²) in [6.45, 7) is 7.19. The number of anilines is 1. The van der Waals surface area contributed by atoms with Gasteiger partial charge in [0, 0.05) is 0 Å². The molecule has 0 aliphatic heterocycles. The largest absolute Gasteiger partial charge is 0.271 e. The summed E-state index contributed by atoms with van der Waals surface area (Å²) in [5.41, 5.74) is 7.41. The smallest absolute Gasteiger partial charge is 0.260 e. The number of aryl methyl sites for hydroxylation is 3. The van der Waals surface area contributed by atoms with Crippen LogP contribution >= 0.6 is 0 Å². The maximum atomic E-state index is 12.3. The zero-order chi connectivity index (χ0) is 20.2. The summed E-state index contributed by atoms with van der Waals surface area (Å²) < 4.78 is 25.5. The minimum Gasteiger partial charge on any atom is -0.271 e. The lowest BCUT2D eigenvalue weighted by molar-refractivity contribution is -0.119. The number of amides is 1. The van der Waals surface area contributed by atoms with E-state index in [1.54, 1.807) is 19.1 Å². The first-order chi connectivity index (χ1) is 12.6. The summed E-state index contributed by atoms with van der Waals surface area (Å²) in [5, 5.41) is 4.08. The van der Waals surface area contributed by atoms with Crippen molar-refractivity contribution in [3.05, 3.63) is 64.7 Å². The molecule has 144 valence electrons. The first-order valence-corrected chi connectivity index (χ1v) is 10.4. The number of sulfonamides is 1. The Kier molecular flexibility index (Phi) is 6.38. The number of hydrazone groups is 1. The predicted octanol–water partition coefficient (Wildman–Crippen LogP) is 2.92. The highest BCUT2D eigenvalue weighted by Crippen LogP contribution is 2.21. The number of rotatable bonds is 6. The first-order valence-electron chi connectivity index (χ1n) is 8.52. The Morgan fingerprint density at radius 3 is 2.07 bits per heavy atom. The standard InChI is InChI=1S/C20H25N3O3S/c1-14-6-8-18(9-7-14)17(4)21-22-20(24)13-23(27(5,25)26)19-11-15(2)10-16(3)12-19/h6-12H,13H2,1-5H3,(H,22,24)/b21-17-. The summed E-state index contributed by atoms with van der Waals surface area (Å²) >= 11 is 0. The van der Waals surface area contributed by atoms with Crippen LogP contribution in [-0.4, -0.2) is 32.8 Å². The molecule has 0 saturated carbocycles. The third-order valence-electron chi connectivity index (χ3n) is 4.00. The van der Waals surface area contributed by atoms with E-state index in [0.717, 1.165) is 32.8 Å². The van der Waals surface area contributed by atoms with Gasteiger partial charge < -0.3 is 0 Å². The van der Waals surface area contributed by atoms with Gasteiger partial charge in [0.1, 0.15) is 6.54 Å². The SMILES string of the molecule is C/C(=N/NC(=O)CN(c1cc(C)cc(C)c1)S(C)(=O)=O)c1ccc(C)cc1. The van der Waals surface area contributed by atoms with Gasteiger partial charge in [0.05, 0.1) is 17.7 Å². The Hall–Kier alpha value is -2.67. The molecule has 0 unspecified atom stereocenters. The summed E-state index contributed by atoms with van der Waals surface area (Å²) in [5.74, 6) is -0.508.